The zero-order valence-electron chi connectivity index (χ0n) is 5.49. The van der Waals surface area contributed by atoms with Crippen LogP contribution < -0.4 is 0 Å². The predicted molar refractivity (Wildman–Crippen MR) is 31.4 cm³/mol. The van der Waals surface area contributed by atoms with Crippen LogP contribution in [0.1, 0.15) is 13.3 Å². The van der Waals surface area contributed by atoms with Crippen LogP contribution in [0.25, 0.3) is 0 Å². The van der Waals surface area contributed by atoms with Crippen molar-refractivity contribution >= 4 is 11.9 Å². The molecule has 0 aliphatic carbocycles. The maximum atomic E-state index is 10.3. The van der Waals surface area contributed by atoms with Crippen molar-refractivity contribution in [2.24, 2.45) is 0 Å². The fourth-order valence-electron chi connectivity index (χ4n) is 0.335. The lowest BCUT2D eigenvalue weighted by Crippen LogP contribution is -2.09. The van der Waals surface area contributed by atoms with Crippen molar-refractivity contribution in [3.8, 4) is 0 Å². The highest BCUT2D eigenvalue weighted by Gasteiger charge is 2.06. The van der Waals surface area contributed by atoms with E-state index in [4.69, 9.17) is 5.11 Å². The second kappa shape index (κ2) is 6.00. The van der Waals surface area contributed by atoms with E-state index in [2.05, 4.69) is 4.74 Å². The van der Waals surface area contributed by atoms with Gasteiger partial charge in [0.05, 0.1) is 6.61 Å². The SMILES string of the molecule is CCOC(=O)CC(=O)O.F. The third-order valence-electron chi connectivity index (χ3n) is 0.601. The normalized spacial score (nSPS) is 7.70. The summed E-state index contributed by atoms with van der Waals surface area (Å²) in [5.74, 6) is -1.85. The summed E-state index contributed by atoms with van der Waals surface area (Å²) in [6.45, 7) is 1.85. The molecule has 0 rings (SSSR count). The molecule has 0 aromatic heterocycles. The van der Waals surface area contributed by atoms with Crippen molar-refractivity contribution in [2.45, 2.75) is 13.3 Å². The van der Waals surface area contributed by atoms with Crippen LogP contribution in [-0.2, 0) is 14.3 Å². The number of hydrogen-bond donors (Lipinski definition) is 1. The van der Waals surface area contributed by atoms with Gasteiger partial charge in [-0.1, -0.05) is 0 Å². The number of carboxylic acid groups (broad SMARTS) is 1. The van der Waals surface area contributed by atoms with E-state index < -0.39 is 18.4 Å². The smallest absolute Gasteiger partial charge is 0.317 e. The second-order valence-corrected chi connectivity index (χ2v) is 1.38. The molecule has 0 saturated carbocycles. The third-order valence-corrected chi connectivity index (χ3v) is 0.601. The lowest BCUT2D eigenvalue weighted by Gasteiger charge is -1.95. The number of rotatable bonds is 3. The quantitative estimate of drug-likeness (QED) is 0.462. The Bertz CT molecular complexity index is 123. The molecule has 0 radical (unpaired) electrons. The number of halogens is 1. The van der Waals surface area contributed by atoms with Crippen LogP contribution in [0.2, 0.25) is 0 Å². The summed E-state index contributed by atoms with van der Waals surface area (Å²) in [6.07, 6.45) is -0.548. The number of hydrogen-bond acceptors (Lipinski definition) is 3. The summed E-state index contributed by atoms with van der Waals surface area (Å²) in [6, 6.07) is 0. The van der Waals surface area contributed by atoms with Gasteiger partial charge in [0.1, 0.15) is 6.42 Å². The number of carboxylic acids is 1. The van der Waals surface area contributed by atoms with Crippen LogP contribution in [-0.4, -0.2) is 23.7 Å². The van der Waals surface area contributed by atoms with Gasteiger partial charge < -0.3 is 9.84 Å². The Hall–Kier alpha value is -1.13. The van der Waals surface area contributed by atoms with Crippen LogP contribution in [0.4, 0.5) is 4.70 Å². The average Bonchev–Trinajstić information content (AvgIpc) is 1.63. The molecule has 0 fully saturated rings. The van der Waals surface area contributed by atoms with Gasteiger partial charge in [0.2, 0.25) is 0 Å². The third kappa shape index (κ3) is 6.87. The molecule has 0 saturated heterocycles. The van der Waals surface area contributed by atoms with Gasteiger partial charge in [0.25, 0.3) is 0 Å². The van der Waals surface area contributed by atoms with Crippen molar-refractivity contribution in [3.05, 3.63) is 0 Å². The van der Waals surface area contributed by atoms with E-state index in [0.29, 0.717) is 0 Å². The Morgan fingerprint density at radius 3 is 2.30 bits per heavy atom. The van der Waals surface area contributed by atoms with E-state index in [1.807, 2.05) is 0 Å². The molecule has 0 aromatic carbocycles. The molecule has 1 N–H and O–H groups in total. The Balaban J connectivity index is 0. The van der Waals surface area contributed by atoms with Gasteiger partial charge in [0.15, 0.2) is 0 Å². The minimum absolute atomic E-state index is 0. The highest BCUT2D eigenvalue weighted by Crippen LogP contribution is 1.84. The van der Waals surface area contributed by atoms with Crippen molar-refractivity contribution < 1.29 is 24.1 Å². The fourth-order valence-corrected chi connectivity index (χ4v) is 0.335. The van der Waals surface area contributed by atoms with Gasteiger partial charge >= 0.3 is 11.9 Å². The molecule has 0 spiro atoms. The number of ether oxygens (including phenoxy) is 1. The summed E-state index contributed by atoms with van der Waals surface area (Å²) in [4.78, 5) is 20.0. The summed E-state index contributed by atoms with van der Waals surface area (Å²) >= 11 is 0. The Morgan fingerprint density at radius 1 is 1.50 bits per heavy atom. The minimum atomic E-state index is -1.16. The zero-order valence-corrected chi connectivity index (χ0v) is 5.49. The lowest BCUT2D eigenvalue weighted by molar-refractivity contribution is -0.150. The van der Waals surface area contributed by atoms with Crippen LogP contribution in [0.3, 0.4) is 0 Å². The molecule has 0 unspecified atom stereocenters. The molecule has 0 bridgehead atoms. The predicted octanol–water partition coefficient (Wildman–Crippen LogP) is 0.177. The molecule has 0 amide bonds. The van der Waals surface area contributed by atoms with Crippen LogP contribution in [0, 0.1) is 0 Å². The summed E-state index contributed by atoms with van der Waals surface area (Å²) in [7, 11) is 0. The first-order valence-corrected chi connectivity index (χ1v) is 2.54. The first kappa shape index (κ1) is 11.6. The Kier molecular flexibility index (Phi) is 6.98. The van der Waals surface area contributed by atoms with Crippen molar-refractivity contribution in [1.82, 2.24) is 0 Å². The highest BCUT2D eigenvalue weighted by molar-refractivity contribution is 5.90. The average molecular weight is 152 g/mol. The molecular formula is C5H9FO4. The first-order valence-electron chi connectivity index (χ1n) is 2.54. The highest BCUT2D eigenvalue weighted by atomic mass is 19.0. The molecule has 0 aliphatic rings. The molecule has 60 valence electrons. The van der Waals surface area contributed by atoms with Crippen molar-refractivity contribution in [3.63, 3.8) is 0 Å². The van der Waals surface area contributed by atoms with Gasteiger partial charge in [-0.3, -0.25) is 14.3 Å². The Labute approximate surface area is 57.2 Å². The summed E-state index contributed by atoms with van der Waals surface area (Å²) in [5.41, 5.74) is 0. The number of carbonyl (C=O) groups is 2. The molecule has 0 atom stereocenters. The first-order chi connectivity index (χ1) is 4.16. The zero-order chi connectivity index (χ0) is 7.28. The van der Waals surface area contributed by atoms with E-state index in [9.17, 15) is 9.59 Å². The maximum absolute atomic E-state index is 10.3. The van der Waals surface area contributed by atoms with E-state index in [1.165, 1.54) is 0 Å². The molecule has 0 aromatic rings. The maximum Gasteiger partial charge on any atom is 0.317 e. The number of aliphatic carboxylic acids is 1. The van der Waals surface area contributed by atoms with E-state index >= 15 is 0 Å². The summed E-state index contributed by atoms with van der Waals surface area (Å²) < 4.78 is 4.33. The molecule has 4 nitrogen and oxygen atoms in total. The molecule has 0 aliphatic heterocycles. The topological polar surface area (TPSA) is 63.6 Å². The molecule has 0 heterocycles. The minimum Gasteiger partial charge on any atom is -0.481 e. The van der Waals surface area contributed by atoms with Crippen LogP contribution in [0.5, 0.6) is 0 Å². The largest absolute Gasteiger partial charge is 0.481 e. The van der Waals surface area contributed by atoms with Crippen molar-refractivity contribution in [1.29, 1.82) is 0 Å². The molecule has 10 heavy (non-hydrogen) atoms. The van der Waals surface area contributed by atoms with Gasteiger partial charge in [0, 0.05) is 0 Å². The summed E-state index contributed by atoms with van der Waals surface area (Å²) in [5, 5.41) is 8.01. The van der Waals surface area contributed by atoms with E-state index in [-0.39, 0.29) is 11.3 Å². The molecule has 5 heteroatoms. The number of esters is 1. The van der Waals surface area contributed by atoms with E-state index in [0.717, 1.165) is 0 Å². The van der Waals surface area contributed by atoms with Gasteiger partial charge in [-0.25, -0.2) is 0 Å². The van der Waals surface area contributed by atoms with Crippen molar-refractivity contribution in [2.75, 3.05) is 6.61 Å². The van der Waals surface area contributed by atoms with E-state index in [1.54, 1.807) is 6.92 Å². The molecular weight excluding hydrogens is 143 g/mol. The monoisotopic (exact) mass is 152 g/mol. The lowest BCUT2D eigenvalue weighted by atomic mass is 10.4. The second-order valence-electron chi connectivity index (χ2n) is 1.38. The van der Waals surface area contributed by atoms with Crippen LogP contribution in [0.15, 0.2) is 0 Å². The number of carbonyl (C=O) groups excluding carboxylic acids is 1. The Morgan fingerprint density at radius 2 is 2.00 bits per heavy atom. The van der Waals surface area contributed by atoms with Gasteiger partial charge in [-0.05, 0) is 6.92 Å². The van der Waals surface area contributed by atoms with Gasteiger partial charge in [-0.15, -0.1) is 0 Å². The van der Waals surface area contributed by atoms with Crippen LogP contribution >= 0.6 is 0 Å². The van der Waals surface area contributed by atoms with Gasteiger partial charge in [-0.2, -0.15) is 0 Å². The fraction of sp³-hybridized carbons (Fsp3) is 0.600. The standard InChI is InChI=1S/C5H8O4.FH/c1-2-9-5(8)3-4(6)7;/h2-3H2,1H3,(H,6,7);1H.